The van der Waals surface area contributed by atoms with Gasteiger partial charge in [0.05, 0.1) is 0 Å². The molecule has 0 aliphatic carbocycles. The van der Waals surface area contributed by atoms with E-state index >= 15 is 0 Å². The first-order valence-electron chi connectivity index (χ1n) is 8.50. The Hall–Kier alpha value is -0.500. The predicted molar refractivity (Wildman–Crippen MR) is 85.4 cm³/mol. The molecule has 0 aromatic rings. The highest BCUT2D eigenvalue weighted by Crippen LogP contribution is 2.09. The Morgan fingerprint density at radius 1 is 0.789 bits per heavy atom. The summed E-state index contributed by atoms with van der Waals surface area (Å²) in [5, 5.41) is 0. The fourth-order valence-corrected chi connectivity index (χ4v) is 2.67. The molecule has 19 heavy (non-hydrogen) atoms. The van der Waals surface area contributed by atoms with Gasteiger partial charge in [-0.1, -0.05) is 58.4 Å². The Bertz CT molecular complexity index is 217. The molecule has 1 aliphatic heterocycles. The molecular weight excluding hydrogens is 232 g/mol. The van der Waals surface area contributed by atoms with Crippen molar-refractivity contribution in [2.45, 2.75) is 65.2 Å². The van der Waals surface area contributed by atoms with Gasteiger partial charge in [0.25, 0.3) is 0 Å². The van der Waals surface area contributed by atoms with Crippen LogP contribution in [0.5, 0.6) is 0 Å². The van der Waals surface area contributed by atoms with Crippen molar-refractivity contribution in [2.24, 2.45) is 0 Å². The van der Waals surface area contributed by atoms with E-state index in [1.807, 2.05) is 0 Å². The van der Waals surface area contributed by atoms with Gasteiger partial charge in [0.1, 0.15) is 0 Å². The van der Waals surface area contributed by atoms with Crippen LogP contribution in [0.3, 0.4) is 0 Å². The summed E-state index contributed by atoms with van der Waals surface area (Å²) in [5.74, 6) is 0. The van der Waals surface area contributed by atoms with E-state index in [0.717, 1.165) is 0 Å². The Balaban J connectivity index is 1.90. The predicted octanol–water partition coefficient (Wildman–Crippen LogP) is 4.28. The molecule has 0 unspecified atom stereocenters. The number of unbranched alkanes of at least 4 members (excludes halogenated alkanes) is 7. The van der Waals surface area contributed by atoms with Gasteiger partial charge in [-0.2, -0.15) is 0 Å². The maximum atomic E-state index is 2.53. The van der Waals surface area contributed by atoms with Crippen molar-refractivity contribution in [1.82, 2.24) is 9.80 Å². The van der Waals surface area contributed by atoms with Gasteiger partial charge in [-0.3, -0.25) is 0 Å². The Labute approximate surface area is 120 Å². The molecule has 0 radical (unpaired) electrons. The summed E-state index contributed by atoms with van der Waals surface area (Å²) >= 11 is 0. The lowest BCUT2D eigenvalue weighted by Crippen LogP contribution is -2.43. The van der Waals surface area contributed by atoms with Gasteiger partial charge >= 0.3 is 0 Å². The SMILES string of the molecule is CCCCCCCCCC=CN1CCN(CC)CC1. The molecule has 0 atom stereocenters. The van der Waals surface area contributed by atoms with E-state index in [2.05, 4.69) is 35.9 Å². The molecule has 1 saturated heterocycles. The van der Waals surface area contributed by atoms with Crippen molar-refractivity contribution < 1.29 is 0 Å². The number of hydrogen-bond donors (Lipinski definition) is 0. The zero-order valence-corrected chi connectivity index (χ0v) is 13.2. The number of likely N-dealkylation sites (N-methyl/N-ethyl adjacent to an activating group) is 1. The van der Waals surface area contributed by atoms with Gasteiger partial charge in [0.15, 0.2) is 0 Å². The van der Waals surface area contributed by atoms with Crippen LogP contribution < -0.4 is 0 Å². The first kappa shape index (κ1) is 16.6. The quantitative estimate of drug-likeness (QED) is 0.545. The van der Waals surface area contributed by atoms with Crippen LogP contribution in [0.25, 0.3) is 0 Å². The van der Waals surface area contributed by atoms with Crippen LogP contribution in [0.2, 0.25) is 0 Å². The lowest BCUT2D eigenvalue weighted by atomic mass is 10.1. The molecule has 0 bridgehead atoms. The monoisotopic (exact) mass is 266 g/mol. The molecule has 0 N–H and O–H groups in total. The lowest BCUT2D eigenvalue weighted by Gasteiger charge is -2.33. The van der Waals surface area contributed by atoms with Gasteiger partial charge < -0.3 is 9.80 Å². The lowest BCUT2D eigenvalue weighted by molar-refractivity contribution is 0.175. The van der Waals surface area contributed by atoms with Crippen LogP contribution in [0.15, 0.2) is 12.3 Å². The summed E-state index contributed by atoms with van der Waals surface area (Å²) in [6.07, 6.45) is 15.9. The molecule has 1 heterocycles. The molecule has 0 amide bonds. The summed E-state index contributed by atoms with van der Waals surface area (Å²) in [7, 11) is 0. The standard InChI is InChI=1S/C17H34N2/c1-3-5-6-7-8-9-10-11-12-13-19-16-14-18(4-2)15-17-19/h12-13H,3-11,14-17H2,1-2H3. The summed E-state index contributed by atoms with van der Waals surface area (Å²) in [6, 6.07) is 0. The Kier molecular flexibility index (Phi) is 9.88. The fourth-order valence-electron chi connectivity index (χ4n) is 2.67. The minimum Gasteiger partial charge on any atom is -0.375 e. The highest BCUT2D eigenvalue weighted by Gasteiger charge is 2.11. The first-order valence-corrected chi connectivity index (χ1v) is 8.50. The van der Waals surface area contributed by atoms with E-state index in [1.54, 1.807) is 0 Å². The molecular formula is C17H34N2. The maximum absolute atomic E-state index is 2.53. The summed E-state index contributed by atoms with van der Waals surface area (Å²) < 4.78 is 0. The van der Waals surface area contributed by atoms with Crippen molar-refractivity contribution in [1.29, 1.82) is 0 Å². The van der Waals surface area contributed by atoms with Crippen LogP contribution in [0, 0.1) is 0 Å². The van der Waals surface area contributed by atoms with Crippen LogP contribution >= 0.6 is 0 Å². The van der Waals surface area contributed by atoms with Crippen LogP contribution in [0.1, 0.15) is 65.2 Å². The zero-order chi connectivity index (χ0) is 13.8. The molecule has 2 heteroatoms. The van der Waals surface area contributed by atoms with E-state index in [1.165, 1.54) is 84.1 Å². The van der Waals surface area contributed by atoms with Crippen molar-refractivity contribution in [2.75, 3.05) is 32.7 Å². The second-order valence-electron chi connectivity index (χ2n) is 5.76. The van der Waals surface area contributed by atoms with E-state index in [-0.39, 0.29) is 0 Å². The molecule has 1 aliphatic rings. The fraction of sp³-hybridized carbons (Fsp3) is 0.882. The Morgan fingerprint density at radius 3 is 2.05 bits per heavy atom. The number of piperazine rings is 1. The van der Waals surface area contributed by atoms with Gasteiger partial charge in [-0.05, 0) is 25.6 Å². The summed E-state index contributed by atoms with van der Waals surface area (Å²) in [6.45, 7) is 10.6. The topological polar surface area (TPSA) is 6.48 Å². The average Bonchev–Trinajstić information content (AvgIpc) is 2.46. The smallest absolute Gasteiger partial charge is 0.0300 e. The summed E-state index contributed by atoms with van der Waals surface area (Å²) in [4.78, 5) is 5.01. The molecule has 1 fully saturated rings. The van der Waals surface area contributed by atoms with Gasteiger partial charge in [0.2, 0.25) is 0 Å². The number of allylic oxidation sites excluding steroid dienone is 1. The number of hydrogen-bond acceptors (Lipinski definition) is 2. The highest BCUT2D eigenvalue weighted by atomic mass is 15.2. The molecule has 112 valence electrons. The number of nitrogens with zero attached hydrogens (tertiary/aromatic N) is 2. The van der Waals surface area contributed by atoms with Gasteiger partial charge in [0, 0.05) is 26.2 Å². The van der Waals surface area contributed by atoms with Crippen LogP contribution in [-0.4, -0.2) is 42.5 Å². The van der Waals surface area contributed by atoms with Crippen molar-refractivity contribution >= 4 is 0 Å². The van der Waals surface area contributed by atoms with Crippen molar-refractivity contribution in [3.05, 3.63) is 12.3 Å². The first-order chi connectivity index (χ1) is 9.36. The van der Waals surface area contributed by atoms with Crippen molar-refractivity contribution in [3.63, 3.8) is 0 Å². The van der Waals surface area contributed by atoms with Gasteiger partial charge in [-0.15, -0.1) is 0 Å². The second kappa shape index (κ2) is 11.3. The molecule has 0 aromatic carbocycles. The maximum Gasteiger partial charge on any atom is 0.0300 e. The minimum absolute atomic E-state index is 1.20. The molecule has 1 rings (SSSR count). The molecule has 0 aromatic heterocycles. The third kappa shape index (κ3) is 8.30. The third-order valence-electron chi connectivity index (χ3n) is 4.14. The third-order valence-corrected chi connectivity index (χ3v) is 4.14. The van der Waals surface area contributed by atoms with Crippen molar-refractivity contribution in [3.8, 4) is 0 Å². The average molecular weight is 266 g/mol. The van der Waals surface area contributed by atoms with Gasteiger partial charge in [-0.25, -0.2) is 0 Å². The van der Waals surface area contributed by atoms with E-state index < -0.39 is 0 Å². The highest BCUT2D eigenvalue weighted by molar-refractivity contribution is 4.85. The molecule has 0 saturated carbocycles. The second-order valence-corrected chi connectivity index (χ2v) is 5.76. The zero-order valence-electron chi connectivity index (χ0n) is 13.2. The molecule has 2 nitrogen and oxygen atoms in total. The normalized spacial score (nSPS) is 17.5. The van der Waals surface area contributed by atoms with Crippen LogP contribution in [-0.2, 0) is 0 Å². The van der Waals surface area contributed by atoms with E-state index in [0.29, 0.717) is 0 Å². The molecule has 0 spiro atoms. The number of rotatable bonds is 10. The summed E-state index contributed by atoms with van der Waals surface area (Å²) in [5.41, 5.74) is 0. The minimum atomic E-state index is 1.20. The van der Waals surface area contributed by atoms with E-state index in [4.69, 9.17) is 0 Å². The largest absolute Gasteiger partial charge is 0.375 e. The Morgan fingerprint density at radius 2 is 1.42 bits per heavy atom. The van der Waals surface area contributed by atoms with Crippen LogP contribution in [0.4, 0.5) is 0 Å². The van der Waals surface area contributed by atoms with E-state index in [9.17, 15) is 0 Å².